The highest BCUT2D eigenvalue weighted by Gasteiger charge is 2.11. The summed E-state index contributed by atoms with van der Waals surface area (Å²) in [5.41, 5.74) is 5.80. The Morgan fingerprint density at radius 2 is 1.77 bits per heavy atom. The number of carbonyl (C=O) groups is 2. The zero-order valence-corrected chi connectivity index (χ0v) is 16.4. The molecule has 0 bridgehead atoms. The highest BCUT2D eigenvalue weighted by molar-refractivity contribution is 9.10. The summed E-state index contributed by atoms with van der Waals surface area (Å²) in [6.45, 7) is 2.61. The maximum absolute atomic E-state index is 12.2. The molecular weight excluding hydrogens is 418 g/mol. The van der Waals surface area contributed by atoms with Crippen molar-refractivity contribution >= 4 is 45.1 Å². The summed E-state index contributed by atoms with van der Waals surface area (Å²) in [6.07, 6.45) is 0.892. The first-order chi connectivity index (χ1) is 12.5. The van der Waals surface area contributed by atoms with E-state index >= 15 is 0 Å². The monoisotopic (exact) mass is 435 g/mol. The molecule has 0 aromatic heterocycles. The third-order valence-corrected chi connectivity index (χ3v) is 4.03. The number of halogens is 1. The van der Waals surface area contributed by atoms with E-state index in [2.05, 4.69) is 32.1 Å². The van der Waals surface area contributed by atoms with Crippen molar-refractivity contribution in [3.05, 3.63) is 64.1 Å². The van der Waals surface area contributed by atoms with Gasteiger partial charge in [-0.25, -0.2) is 0 Å². The van der Waals surface area contributed by atoms with E-state index in [1.54, 1.807) is 42.5 Å². The van der Waals surface area contributed by atoms with Crippen molar-refractivity contribution in [2.45, 2.75) is 13.3 Å². The topological polar surface area (TPSA) is 79.5 Å². The molecule has 0 heterocycles. The van der Waals surface area contributed by atoms with Crippen LogP contribution in [-0.4, -0.2) is 23.5 Å². The third-order valence-electron chi connectivity index (χ3n) is 3.21. The molecule has 0 unspecified atom stereocenters. The van der Waals surface area contributed by atoms with Gasteiger partial charge in [0.15, 0.2) is 5.11 Å². The Bertz CT molecular complexity index is 800. The molecule has 0 aliphatic heterocycles. The summed E-state index contributed by atoms with van der Waals surface area (Å²) < 4.78 is 6.22. The van der Waals surface area contributed by atoms with Crippen molar-refractivity contribution in [2.75, 3.05) is 6.61 Å². The molecule has 136 valence electrons. The van der Waals surface area contributed by atoms with Gasteiger partial charge in [-0.3, -0.25) is 25.8 Å². The Labute approximate surface area is 165 Å². The van der Waals surface area contributed by atoms with Crippen LogP contribution < -0.4 is 20.9 Å². The number of amides is 2. The largest absolute Gasteiger partial charge is 0.492 e. The lowest BCUT2D eigenvalue weighted by molar-refractivity contribution is 0.0934. The van der Waals surface area contributed by atoms with Crippen molar-refractivity contribution in [3.63, 3.8) is 0 Å². The Morgan fingerprint density at radius 1 is 1.04 bits per heavy atom. The van der Waals surface area contributed by atoms with Crippen LogP contribution in [0.1, 0.15) is 34.1 Å². The van der Waals surface area contributed by atoms with Crippen LogP contribution in [0.4, 0.5) is 0 Å². The average molecular weight is 436 g/mol. The van der Waals surface area contributed by atoms with Gasteiger partial charge < -0.3 is 4.74 Å². The highest BCUT2D eigenvalue weighted by Crippen LogP contribution is 2.26. The summed E-state index contributed by atoms with van der Waals surface area (Å²) in [6, 6.07) is 13.6. The van der Waals surface area contributed by atoms with Gasteiger partial charge in [-0.2, -0.15) is 0 Å². The number of carbonyl (C=O) groups excluding carboxylic acids is 2. The van der Waals surface area contributed by atoms with Crippen LogP contribution in [0.25, 0.3) is 0 Å². The molecule has 0 spiro atoms. The number of ether oxygens (including phenoxy) is 1. The van der Waals surface area contributed by atoms with Crippen LogP contribution in [0.15, 0.2) is 53.0 Å². The molecule has 8 heteroatoms. The van der Waals surface area contributed by atoms with E-state index in [1.165, 1.54) is 0 Å². The van der Waals surface area contributed by atoms with Crippen LogP contribution in [0.2, 0.25) is 0 Å². The molecular formula is C18H18BrN3O3S. The number of hydrogen-bond donors (Lipinski definition) is 3. The smallest absolute Gasteiger partial charge is 0.269 e. The van der Waals surface area contributed by atoms with Gasteiger partial charge in [0.2, 0.25) is 0 Å². The van der Waals surface area contributed by atoms with Gasteiger partial charge in [-0.05, 0) is 64.9 Å². The summed E-state index contributed by atoms with van der Waals surface area (Å²) in [4.78, 5) is 24.1. The SMILES string of the molecule is CCCOc1ccc(C(=O)NC(=S)NNC(=O)c2ccccc2)cc1Br. The number of rotatable bonds is 5. The minimum atomic E-state index is -0.404. The van der Waals surface area contributed by atoms with Gasteiger partial charge in [-0.15, -0.1) is 0 Å². The first-order valence-corrected chi connectivity index (χ1v) is 9.10. The lowest BCUT2D eigenvalue weighted by Gasteiger charge is -2.12. The van der Waals surface area contributed by atoms with Crippen molar-refractivity contribution in [2.24, 2.45) is 0 Å². The normalized spacial score (nSPS) is 9.92. The van der Waals surface area contributed by atoms with Gasteiger partial charge in [0.25, 0.3) is 11.8 Å². The predicted molar refractivity (Wildman–Crippen MR) is 107 cm³/mol. The van der Waals surface area contributed by atoms with E-state index in [0.29, 0.717) is 28.0 Å². The lowest BCUT2D eigenvalue weighted by atomic mass is 10.2. The van der Waals surface area contributed by atoms with E-state index in [4.69, 9.17) is 17.0 Å². The fourth-order valence-corrected chi connectivity index (χ4v) is 2.59. The zero-order valence-electron chi connectivity index (χ0n) is 14.0. The second-order valence-corrected chi connectivity index (χ2v) is 6.48. The van der Waals surface area contributed by atoms with Crippen molar-refractivity contribution in [1.82, 2.24) is 16.2 Å². The molecule has 2 rings (SSSR count). The average Bonchev–Trinajstić information content (AvgIpc) is 2.65. The van der Waals surface area contributed by atoms with E-state index in [1.807, 2.05) is 13.0 Å². The van der Waals surface area contributed by atoms with Gasteiger partial charge in [0.05, 0.1) is 11.1 Å². The van der Waals surface area contributed by atoms with E-state index in [9.17, 15) is 9.59 Å². The Kier molecular flexibility index (Phi) is 7.55. The molecule has 0 radical (unpaired) electrons. The lowest BCUT2D eigenvalue weighted by Crippen LogP contribution is -2.48. The molecule has 2 aromatic carbocycles. The molecule has 2 aromatic rings. The number of hydrazine groups is 1. The molecule has 0 fully saturated rings. The van der Waals surface area contributed by atoms with Crippen LogP contribution in [0.5, 0.6) is 5.75 Å². The molecule has 3 N–H and O–H groups in total. The fourth-order valence-electron chi connectivity index (χ4n) is 1.95. The van der Waals surface area contributed by atoms with Crippen molar-refractivity contribution < 1.29 is 14.3 Å². The number of thiocarbonyl (C=S) groups is 1. The molecule has 0 aliphatic rings. The molecule has 2 amide bonds. The van der Waals surface area contributed by atoms with Crippen LogP contribution in [0.3, 0.4) is 0 Å². The van der Waals surface area contributed by atoms with E-state index < -0.39 is 5.91 Å². The molecule has 26 heavy (non-hydrogen) atoms. The number of benzene rings is 2. The first-order valence-electron chi connectivity index (χ1n) is 7.90. The van der Waals surface area contributed by atoms with Crippen LogP contribution >= 0.6 is 28.1 Å². The Balaban J connectivity index is 1.87. The van der Waals surface area contributed by atoms with Crippen LogP contribution in [0, 0.1) is 0 Å². The number of hydrogen-bond acceptors (Lipinski definition) is 4. The minimum absolute atomic E-state index is 0.0123. The Hall–Kier alpha value is -2.45. The first kappa shape index (κ1) is 19.9. The van der Waals surface area contributed by atoms with E-state index in [0.717, 1.165) is 6.42 Å². The standard InChI is InChI=1S/C18H18BrN3O3S/c1-2-10-25-15-9-8-13(11-14(15)19)16(23)20-18(26)22-21-17(24)12-6-4-3-5-7-12/h3-9,11H,2,10H2,1H3,(H,21,24)(H2,20,22,23,26). The molecule has 0 saturated heterocycles. The molecule has 0 aliphatic carbocycles. The Morgan fingerprint density at radius 3 is 2.42 bits per heavy atom. The molecule has 6 nitrogen and oxygen atoms in total. The summed E-state index contributed by atoms with van der Waals surface area (Å²) in [7, 11) is 0. The zero-order chi connectivity index (χ0) is 18.9. The maximum atomic E-state index is 12.2. The van der Waals surface area contributed by atoms with Crippen molar-refractivity contribution in [1.29, 1.82) is 0 Å². The minimum Gasteiger partial charge on any atom is -0.492 e. The second-order valence-electron chi connectivity index (χ2n) is 5.22. The fraction of sp³-hybridized carbons (Fsp3) is 0.167. The van der Waals surface area contributed by atoms with Crippen LogP contribution in [-0.2, 0) is 0 Å². The van der Waals surface area contributed by atoms with E-state index in [-0.39, 0.29) is 11.0 Å². The van der Waals surface area contributed by atoms with Gasteiger partial charge >= 0.3 is 0 Å². The van der Waals surface area contributed by atoms with Gasteiger partial charge in [0.1, 0.15) is 5.75 Å². The summed E-state index contributed by atoms with van der Waals surface area (Å²) >= 11 is 8.40. The molecule has 0 saturated carbocycles. The third kappa shape index (κ3) is 5.82. The van der Waals surface area contributed by atoms with Gasteiger partial charge in [-0.1, -0.05) is 25.1 Å². The maximum Gasteiger partial charge on any atom is 0.269 e. The molecule has 0 atom stereocenters. The number of nitrogens with one attached hydrogen (secondary N) is 3. The second kappa shape index (κ2) is 9.88. The van der Waals surface area contributed by atoms with Crippen molar-refractivity contribution in [3.8, 4) is 5.75 Å². The summed E-state index contributed by atoms with van der Waals surface area (Å²) in [5.74, 6) is -0.0965. The quantitative estimate of drug-likeness (QED) is 0.496. The predicted octanol–water partition coefficient (Wildman–Crippen LogP) is 3.19. The summed E-state index contributed by atoms with van der Waals surface area (Å²) in [5, 5.41) is 2.49. The highest BCUT2D eigenvalue weighted by atomic mass is 79.9. The van der Waals surface area contributed by atoms with Gasteiger partial charge in [0, 0.05) is 11.1 Å².